The lowest BCUT2D eigenvalue weighted by atomic mass is 10.1. The summed E-state index contributed by atoms with van der Waals surface area (Å²) in [5.41, 5.74) is 2.33. The molecule has 0 radical (unpaired) electrons. The van der Waals surface area contributed by atoms with E-state index in [2.05, 4.69) is 34.0 Å². The number of para-hydroxylation sites is 1. The number of nitriles is 1. The molecule has 0 saturated carbocycles. The molecule has 1 heterocycles. The molecule has 192 valence electrons. The molecule has 1 N–H and O–H groups in total. The molecule has 8 nitrogen and oxygen atoms in total. The quantitative estimate of drug-likeness (QED) is 0.232. The number of thioether (sulfide) groups is 1. The molecule has 3 aromatic carbocycles. The van der Waals surface area contributed by atoms with Gasteiger partial charge in [-0.3, -0.25) is 19.3 Å². The van der Waals surface area contributed by atoms with E-state index in [0.29, 0.717) is 44.1 Å². The van der Waals surface area contributed by atoms with Gasteiger partial charge in [0.05, 0.1) is 33.3 Å². The number of nitrogens with one attached hydrogen (secondary N) is 1. The van der Waals surface area contributed by atoms with E-state index in [0.717, 1.165) is 16.7 Å². The first-order valence-electron chi connectivity index (χ1n) is 11.6. The molecule has 38 heavy (non-hydrogen) atoms. The Hall–Kier alpha value is -3.82. The van der Waals surface area contributed by atoms with Crippen LogP contribution in [0.4, 0.5) is 10.5 Å². The highest BCUT2D eigenvalue weighted by Gasteiger charge is 2.35. The summed E-state index contributed by atoms with van der Waals surface area (Å²) in [5.74, 6) is 0.0816. The zero-order chi connectivity index (χ0) is 27.1. The van der Waals surface area contributed by atoms with E-state index in [1.54, 1.807) is 54.6 Å². The maximum atomic E-state index is 13.0. The average Bonchev–Trinajstić information content (AvgIpc) is 3.16. The molecule has 1 aliphatic heterocycles. The lowest BCUT2D eigenvalue weighted by molar-refractivity contribution is -0.123. The standard InChI is InChI=1S/C28H22IN3O5S/c1-2-36-23-13-18(12-22(29)26(23)37-17-25(33)31-21-10-4-3-5-11-21)14-24-27(34)32(28(35)38-24)16-20-9-7-6-8-19(20)15-30/h3-14H,2,16-17H2,1H3,(H,31,33)/b24-14+. The minimum atomic E-state index is -0.432. The summed E-state index contributed by atoms with van der Waals surface area (Å²) in [6.07, 6.45) is 1.62. The second-order valence-corrected chi connectivity index (χ2v) is 10.2. The summed E-state index contributed by atoms with van der Waals surface area (Å²) in [6.45, 7) is 2.00. The minimum Gasteiger partial charge on any atom is -0.490 e. The molecule has 1 aliphatic rings. The van der Waals surface area contributed by atoms with Gasteiger partial charge in [-0.15, -0.1) is 0 Å². The number of halogens is 1. The Labute approximate surface area is 237 Å². The molecule has 0 unspecified atom stereocenters. The fraction of sp³-hybridized carbons (Fsp3) is 0.143. The number of anilines is 1. The van der Waals surface area contributed by atoms with Crippen molar-refractivity contribution in [3.05, 3.63) is 91.9 Å². The first-order chi connectivity index (χ1) is 18.4. The monoisotopic (exact) mass is 639 g/mol. The SMILES string of the molecule is CCOc1cc(/C=C2/SC(=O)N(Cc3ccccc3C#N)C2=O)cc(I)c1OCC(=O)Nc1ccccc1. The van der Waals surface area contributed by atoms with Gasteiger partial charge in [-0.25, -0.2) is 0 Å². The highest BCUT2D eigenvalue weighted by atomic mass is 127. The van der Waals surface area contributed by atoms with Crippen LogP contribution in [0.25, 0.3) is 6.08 Å². The van der Waals surface area contributed by atoms with Gasteiger partial charge in [0.1, 0.15) is 0 Å². The minimum absolute atomic E-state index is 0.0191. The van der Waals surface area contributed by atoms with Crippen LogP contribution in [0.15, 0.2) is 71.6 Å². The van der Waals surface area contributed by atoms with Gasteiger partial charge in [0, 0.05) is 5.69 Å². The lowest BCUT2D eigenvalue weighted by Gasteiger charge is -2.15. The molecule has 0 aromatic heterocycles. The van der Waals surface area contributed by atoms with Gasteiger partial charge >= 0.3 is 0 Å². The largest absolute Gasteiger partial charge is 0.490 e. The van der Waals surface area contributed by atoms with Crippen molar-refractivity contribution in [2.75, 3.05) is 18.5 Å². The molecule has 3 aromatic rings. The normalized spacial score (nSPS) is 13.9. The number of hydrogen-bond acceptors (Lipinski definition) is 7. The zero-order valence-corrected chi connectivity index (χ0v) is 23.2. The van der Waals surface area contributed by atoms with Crippen LogP contribution in [0.2, 0.25) is 0 Å². The van der Waals surface area contributed by atoms with Crippen LogP contribution < -0.4 is 14.8 Å². The zero-order valence-electron chi connectivity index (χ0n) is 20.3. The van der Waals surface area contributed by atoms with Crippen molar-refractivity contribution in [3.8, 4) is 17.6 Å². The van der Waals surface area contributed by atoms with Crippen molar-refractivity contribution in [1.82, 2.24) is 4.90 Å². The number of hydrogen-bond donors (Lipinski definition) is 1. The summed E-state index contributed by atoms with van der Waals surface area (Å²) in [6, 6.07) is 21.5. The van der Waals surface area contributed by atoms with Gasteiger partial charge in [0.15, 0.2) is 18.1 Å². The number of ether oxygens (including phenoxy) is 2. The lowest BCUT2D eigenvalue weighted by Crippen LogP contribution is -2.27. The van der Waals surface area contributed by atoms with Crippen LogP contribution in [0, 0.1) is 14.9 Å². The van der Waals surface area contributed by atoms with Crippen molar-refractivity contribution >= 4 is 63.2 Å². The number of carbonyl (C=O) groups is 3. The van der Waals surface area contributed by atoms with E-state index < -0.39 is 11.1 Å². The Morgan fingerprint density at radius 2 is 1.84 bits per heavy atom. The molecule has 0 spiro atoms. The highest BCUT2D eigenvalue weighted by Crippen LogP contribution is 2.38. The van der Waals surface area contributed by atoms with Crippen molar-refractivity contribution in [2.24, 2.45) is 0 Å². The Balaban J connectivity index is 1.51. The van der Waals surface area contributed by atoms with Crippen LogP contribution in [0.5, 0.6) is 11.5 Å². The third-order valence-electron chi connectivity index (χ3n) is 5.37. The van der Waals surface area contributed by atoms with Crippen molar-refractivity contribution < 1.29 is 23.9 Å². The summed E-state index contributed by atoms with van der Waals surface area (Å²) in [4.78, 5) is 39.4. The van der Waals surface area contributed by atoms with E-state index in [1.165, 1.54) is 0 Å². The first-order valence-corrected chi connectivity index (χ1v) is 13.5. The maximum absolute atomic E-state index is 13.0. The molecule has 1 saturated heterocycles. The van der Waals surface area contributed by atoms with Crippen molar-refractivity contribution in [3.63, 3.8) is 0 Å². The fourth-order valence-electron chi connectivity index (χ4n) is 3.66. The Morgan fingerprint density at radius 3 is 2.58 bits per heavy atom. The molecule has 4 rings (SSSR count). The molecule has 0 bridgehead atoms. The van der Waals surface area contributed by atoms with E-state index in [1.807, 2.05) is 25.1 Å². The molecule has 1 fully saturated rings. The van der Waals surface area contributed by atoms with Crippen LogP contribution >= 0.6 is 34.4 Å². The predicted octanol–water partition coefficient (Wildman–Crippen LogP) is 5.82. The molecule has 0 atom stereocenters. The number of rotatable bonds is 9. The van der Waals surface area contributed by atoms with E-state index in [4.69, 9.17) is 9.47 Å². The Morgan fingerprint density at radius 1 is 1.11 bits per heavy atom. The van der Waals surface area contributed by atoms with Gasteiger partial charge < -0.3 is 14.8 Å². The van der Waals surface area contributed by atoms with Crippen LogP contribution in [0.3, 0.4) is 0 Å². The molecular weight excluding hydrogens is 617 g/mol. The molecule has 3 amide bonds. The van der Waals surface area contributed by atoms with Crippen LogP contribution in [0.1, 0.15) is 23.6 Å². The number of carbonyl (C=O) groups excluding carboxylic acids is 3. The summed E-state index contributed by atoms with van der Waals surface area (Å²) >= 11 is 2.92. The molecule has 10 heteroatoms. The molecule has 0 aliphatic carbocycles. The maximum Gasteiger partial charge on any atom is 0.293 e. The van der Waals surface area contributed by atoms with Crippen molar-refractivity contribution in [1.29, 1.82) is 5.26 Å². The number of imide groups is 1. The second kappa shape index (κ2) is 12.6. The van der Waals surface area contributed by atoms with E-state index in [-0.39, 0.29) is 24.0 Å². The Bertz CT molecular complexity index is 1450. The third-order valence-corrected chi connectivity index (χ3v) is 7.08. The summed E-state index contributed by atoms with van der Waals surface area (Å²) in [7, 11) is 0. The average molecular weight is 639 g/mol. The fourth-order valence-corrected chi connectivity index (χ4v) is 5.28. The predicted molar refractivity (Wildman–Crippen MR) is 154 cm³/mol. The topological polar surface area (TPSA) is 109 Å². The summed E-state index contributed by atoms with van der Waals surface area (Å²) in [5, 5.41) is 11.7. The number of benzene rings is 3. The summed E-state index contributed by atoms with van der Waals surface area (Å²) < 4.78 is 12.2. The van der Waals surface area contributed by atoms with Gasteiger partial charge in [0.2, 0.25) is 0 Å². The van der Waals surface area contributed by atoms with Crippen LogP contribution in [-0.4, -0.2) is 35.2 Å². The van der Waals surface area contributed by atoms with Gasteiger partial charge in [-0.05, 0) is 88.8 Å². The van der Waals surface area contributed by atoms with Crippen LogP contribution in [-0.2, 0) is 16.1 Å². The van der Waals surface area contributed by atoms with Gasteiger partial charge in [0.25, 0.3) is 17.1 Å². The smallest absolute Gasteiger partial charge is 0.293 e. The molecular formula is C28H22IN3O5S. The third kappa shape index (κ3) is 6.54. The van der Waals surface area contributed by atoms with E-state index >= 15 is 0 Å². The number of amides is 3. The van der Waals surface area contributed by atoms with E-state index in [9.17, 15) is 19.6 Å². The highest BCUT2D eigenvalue weighted by molar-refractivity contribution is 14.1. The van der Waals surface area contributed by atoms with Gasteiger partial charge in [-0.2, -0.15) is 5.26 Å². The first kappa shape index (κ1) is 27.2. The van der Waals surface area contributed by atoms with Crippen molar-refractivity contribution in [2.45, 2.75) is 13.5 Å². The second-order valence-electron chi connectivity index (χ2n) is 8.00. The van der Waals surface area contributed by atoms with Gasteiger partial charge in [-0.1, -0.05) is 36.4 Å². The number of nitrogens with zero attached hydrogens (tertiary/aromatic N) is 2. The Kier molecular flexibility index (Phi) is 9.04.